The summed E-state index contributed by atoms with van der Waals surface area (Å²) >= 11 is 4.15. The lowest BCUT2D eigenvalue weighted by atomic mass is 10.00. The van der Waals surface area contributed by atoms with Crippen molar-refractivity contribution in [2.45, 2.75) is 18.2 Å². The topological polar surface area (TPSA) is 43.4 Å². The van der Waals surface area contributed by atoms with Gasteiger partial charge in [0.15, 0.2) is 5.78 Å². The first kappa shape index (κ1) is 12.8. The van der Waals surface area contributed by atoms with Crippen LogP contribution in [-0.2, 0) is 20.7 Å². The molecule has 1 atom stereocenters. The third-order valence-electron chi connectivity index (χ3n) is 2.35. The molecule has 0 fully saturated rings. The maximum atomic E-state index is 11.7. The van der Waals surface area contributed by atoms with Crippen LogP contribution in [0.15, 0.2) is 29.2 Å². The van der Waals surface area contributed by atoms with Crippen LogP contribution in [0.1, 0.15) is 12.5 Å². The Balaban J connectivity index is 2.64. The van der Waals surface area contributed by atoms with E-state index in [4.69, 9.17) is 0 Å². The first-order valence-corrected chi connectivity index (χ1v) is 5.37. The van der Waals surface area contributed by atoms with Crippen LogP contribution in [0.2, 0.25) is 0 Å². The fourth-order valence-electron chi connectivity index (χ4n) is 1.28. The molecule has 0 N–H and O–H groups in total. The second-order valence-corrected chi connectivity index (χ2v) is 4.07. The van der Waals surface area contributed by atoms with Crippen LogP contribution in [0.25, 0.3) is 0 Å². The summed E-state index contributed by atoms with van der Waals surface area (Å²) in [6.07, 6.45) is 0.240. The minimum atomic E-state index is -0.708. The van der Waals surface area contributed by atoms with E-state index >= 15 is 0 Å². The number of carbonyl (C=O) groups excluding carboxylic acids is 2. The van der Waals surface area contributed by atoms with Gasteiger partial charge in [0, 0.05) is 11.3 Å². The van der Waals surface area contributed by atoms with Gasteiger partial charge in [-0.15, -0.1) is 12.6 Å². The van der Waals surface area contributed by atoms with E-state index in [0.29, 0.717) is 0 Å². The Labute approximate surface area is 100 Å². The minimum absolute atomic E-state index is 0.140. The number of Topliss-reactive ketones (excluding diaryl/α,β-unsaturated/α-hetero) is 1. The molecule has 0 bridgehead atoms. The van der Waals surface area contributed by atoms with E-state index in [9.17, 15) is 9.59 Å². The van der Waals surface area contributed by atoms with E-state index in [1.165, 1.54) is 7.11 Å². The minimum Gasteiger partial charge on any atom is -0.468 e. The Morgan fingerprint density at radius 2 is 1.88 bits per heavy atom. The highest BCUT2D eigenvalue weighted by Gasteiger charge is 2.21. The third kappa shape index (κ3) is 3.38. The van der Waals surface area contributed by atoms with Crippen LogP contribution >= 0.6 is 12.6 Å². The molecule has 0 aliphatic rings. The van der Waals surface area contributed by atoms with Crippen LogP contribution in [0.5, 0.6) is 0 Å². The summed E-state index contributed by atoms with van der Waals surface area (Å²) in [5.41, 5.74) is 0.874. The zero-order valence-corrected chi connectivity index (χ0v) is 10.2. The van der Waals surface area contributed by atoms with Crippen LogP contribution in [0, 0.1) is 5.92 Å². The molecular weight excluding hydrogens is 224 g/mol. The Kier molecular flexibility index (Phi) is 4.55. The highest BCUT2D eigenvalue weighted by atomic mass is 32.1. The molecule has 0 heterocycles. The van der Waals surface area contributed by atoms with Gasteiger partial charge >= 0.3 is 5.97 Å². The Hall–Kier alpha value is -1.29. The molecule has 0 saturated carbocycles. The molecule has 0 spiro atoms. The van der Waals surface area contributed by atoms with Gasteiger partial charge in [0.25, 0.3) is 0 Å². The van der Waals surface area contributed by atoms with Crippen molar-refractivity contribution < 1.29 is 14.3 Å². The largest absolute Gasteiger partial charge is 0.468 e. The first-order chi connectivity index (χ1) is 7.54. The maximum Gasteiger partial charge on any atom is 0.315 e. The summed E-state index contributed by atoms with van der Waals surface area (Å²) in [6.45, 7) is 1.56. The average molecular weight is 238 g/mol. The summed E-state index contributed by atoms with van der Waals surface area (Å²) in [7, 11) is 1.28. The number of hydrogen-bond acceptors (Lipinski definition) is 4. The molecule has 4 heteroatoms. The molecule has 1 aromatic rings. The highest BCUT2D eigenvalue weighted by Crippen LogP contribution is 2.11. The first-order valence-electron chi connectivity index (χ1n) is 4.93. The second kappa shape index (κ2) is 5.70. The molecule has 0 saturated heterocycles. The van der Waals surface area contributed by atoms with Gasteiger partial charge in [0.1, 0.15) is 5.92 Å². The van der Waals surface area contributed by atoms with E-state index < -0.39 is 11.9 Å². The molecule has 0 aromatic heterocycles. The number of thiol groups is 1. The molecular formula is C12H14O3S. The molecule has 0 aliphatic heterocycles. The van der Waals surface area contributed by atoms with E-state index in [1.807, 2.05) is 24.3 Å². The Bertz CT molecular complexity index is 384. The Morgan fingerprint density at radius 1 is 1.31 bits per heavy atom. The lowest BCUT2D eigenvalue weighted by molar-refractivity contribution is -0.148. The molecule has 1 rings (SSSR count). The van der Waals surface area contributed by atoms with Gasteiger partial charge < -0.3 is 4.74 Å². The van der Waals surface area contributed by atoms with Gasteiger partial charge in [0.2, 0.25) is 0 Å². The van der Waals surface area contributed by atoms with E-state index in [0.717, 1.165) is 10.5 Å². The van der Waals surface area contributed by atoms with Gasteiger partial charge in [-0.25, -0.2) is 0 Å². The molecule has 0 radical (unpaired) electrons. The van der Waals surface area contributed by atoms with Crippen molar-refractivity contribution >= 4 is 24.4 Å². The van der Waals surface area contributed by atoms with Crippen molar-refractivity contribution in [3.8, 4) is 0 Å². The summed E-state index contributed by atoms with van der Waals surface area (Å²) in [4.78, 5) is 23.7. The molecule has 16 heavy (non-hydrogen) atoms. The van der Waals surface area contributed by atoms with Crippen LogP contribution < -0.4 is 0 Å². The highest BCUT2D eigenvalue weighted by molar-refractivity contribution is 7.80. The quantitative estimate of drug-likeness (QED) is 0.495. The summed E-state index contributed by atoms with van der Waals surface area (Å²) in [5, 5.41) is 0. The molecule has 1 aromatic carbocycles. The number of ketones is 1. The van der Waals surface area contributed by atoms with Gasteiger partial charge in [0.05, 0.1) is 7.11 Å². The predicted molar refractivity (Wildman–Crippen MR) is 63.6 cm³/mol. The number of methoxy groups -OCH3 is 1. The van der Waals surface area contributed by atoms with E-state index in [-0.39, 0.29) is 12.2 Å². The molecule has 86 valence electrons. The lowest BCUT2D eigenvalue weighted by Gasteiger charge is -2.07. The molecule has 3 nitrogen and oxygen atoms in total. The van der Waals surface area contributed by atoms with Crippen molar-refractivity contribution in [2.75, 3.05) is 7.11 Å². The fourth-order valence-corrected chi connectivity index (χ4v) is 1.43. The monoisotopic (exact) mass is 238 g/mol. The third-order valence-corrected chi connectivity index (χ3v) is 2.65. The number of ether oxygens (including phenoxy) is 1. The van der Waals surface area contributed by atoms with Gasteiger partial charge in [-0.1, -0.05) is 12.1 Å². The Morgan fingerprint density at radius 3 is 2.38 bits per heavy atom. The van der Waals surface area contributed by atoms with Crippen LogP contribution in [-0.4, -0.2) is 18.9 Å². The van der Waals surface area contributed by atoms with Gasteiger partial charge in [-0.3, -0.25) is 9.59 Å². The van der Waals surface area contributed by atoms with E-state index in [2.05, 4.69) is 17.4 Å². The lowest BCUT2D eigenvalue weighted by Crippen LogP contribution is -2.23. The molecule has 0 aliphatic carbocycles. The number of benzene rings is 1. The average Bonchev–Trinajstić information content (AvgIpc) is 2.30. The normalized spacial score (nSPS) is 11.9. The molecule has 0 amide bonds. The van der Waals surface area contributed by atoms with Crippen molar-refractivity contribution in [3.05, 3.63) is 29.8 Å². The van der Waals surface area contributed by atoms with E-state index in [1.54, 1.807) is 6.92 Å². The SMILES string of the molecule is COC(=O)C(C)C(=O)Cc1ccc(S)cc1. The van der Waals surface area contributed by atoms with Crippen molar-refractivity contribution in [1.29, 1.82) is 0 Å². The number of esters is 1. The standard InChI is InChI=1S/C12H14O3S/c1-8(12(14)15-2)11(13)7-9-3-5-10(16)6-4-9/h3-6,8,16H,7H2,1-2H3. The number of carbonyl (C=O) groups is 2. The van der Waals surface area contributed by atoms with Gasteiger partial charge in [-0.05, 0) is 24.6 Å². The molecule has 1 unspecified atom stereocenters. The summed E-state index contributed by atoms with van der Waals surface area (Å²) in [6, 6.07) is 7.28. The van der Waals surface area contributed by atoms with Crippen molar-refractivity contribution in [3.63, 3.8) is 0 Å². The van der Waals surface area contributed by atoms with Gasteiger partial charge in [-0.2, -0.15) is 0 Å². The van der Waals surface area contributed by atoms with Crippen molar-refractivity contribution in [2.24, 2.45) is 5.92 Å². The number of rotatable bonds is 4. The predicted octanol–water partition coefficient (Wildman–Crippen LogP) is 1.90. The smallest absolute Gasteiger partial charge is 0.315 e. The second-order valence-electron chi connectivity index (χ2n) is 3.55. The summed E-state index contributed by atoms with van der Waals surface area (Å²) < 4.78 is 4.52. The van der Waals surface area contributed by atoms with Crippen LogP contribution in [0.4, 0.5) is 0 Å². The number of hydrogen-bond donors (Lipinski definition) is 1. The zero-order chi connectivity index (χ0) is 12.1. The van der Waals surface area contributed by atoms with Crippen LogP contribution in [0.3, 0.4) is 0 Å². The van der Waals surface area contributed by atoms with Crippen molar-refractivity contribution in [1.82, 2.24) is 0 Å². The zero-order valence-electron chi connectivity index (χ0n) is 9.27. The maximum absolute atomic E-state index is 11.7. The summed E-state index contributed by atoms with van der Waals surface area (Å²) in [5.74, 6) is -1.34. The fraction of sp³-hybridized carbons (Fsp3) is 0.333.